The van der Waals surface area contributed by atoms with Gasteiger partial charge in [-0.05, 0) is 36.5 Å². The van der Waals surface area contributed by atoms with E-state index in [9.17, 15) is 4.79 Å². The van der Waals surface area contributed by atoms with Gasteiger partial charge in [0.05, 0.1) is 5.56 Å². The predicted molar refractivity (Wildman–Crippen MR) is 62.9 cm³/mol. The van der Waals surface area contributed by atoms with Crippen LogP contribution in [0.5, 0.6) is 0 Å². The quantitative estimate of drug-likeness (QED) is 0.805. The Balaban J connectivity index is 2.74. The zero-order valence-corrected chi connectivity index (χ0v) is 9.77. The lowest BCUT2D eigenvalue weighted by molar-refractivity contribution is 0.0697. The molecule has 0 heterocycles. The van der Waals surface area contributed by atoms with E-state index in [0.29, 0.717) is 11.5 Å². The monoisotopic (exact) mass is 222 g/mol. The largest absolute Gasteiger partial charge is 0.478 e. The fourth-order valence-electron chi connectivity index (χ4n) is 1.76. The van der Waals surface area contributed by atoms with Crippen molar-refractivity contribution in [3.63, 3.8) is 0 Å². The van der Waals surface area contributed by atoms with E-state index >= 15 is 0 Å². The molecule has 0 bridgehead atoms. The third-order valence-electron chi connectivity index (χ3n) is 2.79. The maximum absolute atomic E-state index is 10.7. The molecule has 1 aromatic carbocycles. The van der Waals surface area contributed by atoms with Crippen LogP contribution in [0, 0.1) is 0 Å². The number of carbonyl (C=O) groups is 1. The molecule has 1 unspecified atom stereocenters. The Hall–Kier alpha value is -1.35. The van der Waals surface area contributed by atoms with Gasteiger partial charge < -0.3 is 9.84 Å². The Kier molecular flexibility index (Phi) is 4.99. The molecule has 88 valence electrons. The first-order valence-electron chi connectivity index (χ1n) is 5.51. The zero-order chi connectivity index (χ0) is 12.0. The Morgan fingerprint density at radius 2 is 2.00 bits per heavy atom. The second kappa shape index (κ2) is 6.28. The van der Waals surface area contributed by atoms with Crippen molar-refractivity contribution in [3.05, 3.63) is 35.4 Å². The maximum atomic E-state index is 10.7. The summed E-state index contributed by atoms with van der Waals surface area (Å²) in [5, 5.41) is 8.79. The van der Waals surface area contributed by atoms with Gasteiger partial charge in [0.2, 0.25) is 0 Å². The fourth-order valence-corrected chi connectivity index (χ4v) is 1.76. The minimum Gasteiger partial charge on any atom is -0.478 e. The number of hydrogen-bond donors (Lipinski definition) is 1. The SMILES string of the molecule is CCC(CCOC)c1ccc(C(=O)O)cc1. The number of benzene rings is 1. The molecule has 16 heavy (non-hydrogen) atoms. The molecule has 0 fully saturated rings. The van der Waals surface area contributed by atoms with Crippen LogP contribution in [-0.2, 0) is 4.74 Å². The van der Waals surface area contributed by atoms with Crippen molar-refractivity contribution in [2.24, 2.45) is 0 Å². The van der Waals surface area contributed by atoms with Crippen LogP contribution >= 0.6 is 0 Å². The van der Waals surface area contributed by atoms with Gasteiger partial charge in [-0.15, -0.1) is 0 Å². The van der Waals surface area contributed by atoms with Crippen LogP contribution in [0.15, 0.2) is 24.3 Å². The summed E-state index contributed by atoms with van der Waals surface area (Å²) in [5.41, 5.74) is 1.52. The zero-order valence-electron chi connectivity index (χ0n) is 9.77. The summed E-state index contributed by atoms with van der Waals surface area (Å²) >= 11 is 0. The Morgan fingerprint density at radius 1 is 1.38 bits per heavy atom. The minimum atomic E-state index is -0.878. The maximum Gasteiger partial charge on any atom is 0.335 e. The number of carboxylic acids is 1. The van der Waals surface area contributed by atoms with Crippen LogP contribution in [0.4, 0.5) is 0 Å². The van der Waals surface area contributed by atoms with Crippen LogP contribution in [-0.4, -0.2) is 24.8 Å². The molecule has 0 aliphatic carbocycles. The van der Waals surface area contributed by atoms with Crippen LogP contribution in [0.2, 0.25) is 0 Å². The Bertz CT molecular complexity index is 330. The summed E-state index contributed by atoms with van der Waals surface area (Å²) in [7, 11) is 1.69. The highest BCUT2D eigenvalue weighted by Gasteiger charge is 2.10. The van der Waals surface area contributed by atoms with Gasteiger partial charge in [0, 0.05) is 13.7 Å². The van der Waals surface area contributed by atoms with Crippen molar-refractivity contribution in [2.75, 3.05) is 13.7 Å². The molecule has 0 saturated heterocycles. The van der Waals surface area contributed by atoms with Crippen LogP contribution in [0.25, 0.3) is 0 Å². The molecule has 1 atom stereocenters. The summed E-state index contributed by atoms with van der Waals surface area (Å²) in [6.45, 7) is 2.87. The molecule has 0 radical (unpaired) electrons. The summed E-state index contributed by atoms with van der Waals surface area (Å²) in [5.74, 6) is -0.431. The van der Waals surface area contributed by atoms with Crippen LogP contribution < -0.4 is 0 Å². The van der Waals surface area contributed by atoms with Crippen molar-refractivity contribution in [2.45, 2.75) is 25.7 Å². The second-order valence-corrected chi connectivity index (χ2v) is 3.81. The number of methoxy groups -OCH3 is 1. The van der Waals surface area contributed by atoms with Gasteiger partial charge in [-0.3, -0.25) is 0 Å². The van der Waals surface area contributed by atoms with Crippen molar-refractivity contribution in [1.29, 1.82) is 0 Å². The van der Waals surface area contributed by atoms with E-state index < -0.39 is 5.97 Å². The third-order valence-corrected chi connectivity index (χ3v) is 2.79. The summed E-state index contributed by atoms with van der Waals surface area (Å²) in [6.07, 6.45) is 2.01. The first-order chi connectivity index (χ1) is 7.69. The van der Waals surface area contributed by atoms with Gasteiger partial charge in [-0.2, -0.15) is 0 Å². The first kappa shape index (κ1) is 12.7. The smallest absolute Gasteiger partial charge is 0.335 e. The Morgan fingerprint density at radius 3 is 2.44 bits per heavy atom. The molecule has 0 aromatic heterocycles. The highest BCUT2D eigenvalue weighted by atomic mass is 16.5. The van der Waals surface area contributed by atoms with Crippen LogP contribution in [0.3, 0.4) is 0 Å². The summed E-state index contributed by atoms with van der Waals surface area (Å²) in [6, 6.07) is 7.11. The molecule has 0 saturated carbocycles. The van der Waals surface area contributed by atoms with Crippen molar-refractivity contribution < 1.29 is 14.6 Å². The molecular formula is C13H18O3. The topological polar surface area (TPSA) is 46.5 Å². The highest BCUT2D eigenvalue weighted by Crippen LogP contribution is 2.23. The van der Waals surface area contributed by atoms with E-state index in [0.717, 1.165) is 19.4 Å². The standard InChI is InChI=1S/C13H18O3/c1-3-10(8-9-16-2)11-4-6-12(7-5-11)13(14)15/h4-7,10H,3,8-9H2,1-2H3,(H,14,15). The molecule has 1 N–H and O–H groups in total. The molecule has 1 aromatic rings. The molecule has 0 aliphatic heterocycles. The number of carboxylic acid groups (broad SMARTS) is 1. The Labute approximate surface area is 96.1 Å². The minimum absolute atomic E-state index is 0.338. The average Bonchev–Trinajstić information content (AvgIpc) is 2.30. The van der Waals surface area contributed by atoms with Gasteiger partial charge in [-0.25, -0.2) is 4.79 Å². The van der Waals surface area contributed by atoms with E-state index in [4.69, 9.17) is 9.84 Å². The van der Waals surface area contributed by atoms with E-state index in [2.05, 4.69) is 6.92 Å². The molecule has 3 nitrogen and oxygen atoms in total. The van der Waals surface area contributed by atoms with E-state index in [1.165, 1.54) is 5.56 Å². The molecule has 0 aliphatic rings. The number of ether oxygens (including phenoxy) is 1. The van der Waals surface area contributed by atoms with Crippen LogP contribution in [0.1, 0.15) is 41.6 Å². The molecular weight excluding hydrogens is 204 g/mol. The predicted octanol–water partition coefficient (Wildman–Crippen LogP) is 2.91. The van der Waals surface area contributed by atoms with Gasteiger partial charge in [-0.1, -0.05) is 19.1 Å². The lowest BCUT2D eigenvalue weighted by atomic mass is 9.93. The number of hydrogen-bond acceptors (Lipinski definition) is 2. The van der Waals surface area contributed by atoms with E-state index in [1.807, 2.05) is 12.1 Å². The van der Waals surface area contributed by atoms with Gasteiger partial charge in [0.25, 0.3) is 0 Å². The van der Waals surface area contributed by atoms with E-state index in [-0.39, 0.29) is 0 Å². The lowest BCUT2D eigenvalue weighted by Gasteiger charge is -2.14. The average molecular weight is 222 g/mol. The summed E-state index contributed by atoms with van der Waals surface area (Å²) in [4.78, 5) is 10.7. The van der Waals surface area contributed by atoms with Crippen molar-refractivity contribution in [3.8, 4) is 0 Å². The first-order valence-corrected chi connectivity index (χ1v) is 5.51. The third kappa shape index (κ3) is 3.35. The van der Waals surface area contributed by atoms with Gasteiger partial charge in [0.15, 0.2) is 0 Å². The molecule has 0 spiro atoms. The van der Waals surface area contributed by atoms with E-state index in [1.54, 1.807) is 19.2 Å². The van der Waals surface area contributed by atoms with Crippen molar-refractivity contribution >= 4 is 5.97 Å². The second-order valence-electron chi connectivity index (χ2n) is 3.81. The number of aromatic carboxylic acids is 1. The molecule has 1 rings (SSSR count). The van der Waals surface area contributed by atoms with Crippen molar-refractivity contribution in [1.82, 2.24) is 0 Å². The summed E-state index contributed by atoms with van der Waals surface area (Å²) < 4.78 is 5.06. The molecule has 3 heteroatoms. The van der Waals surface area contributed by atoms with Gasteiger partial charge >= 0.3 is 5.97 Å². The fraction of sp³-hybridized carbons (Fsp3) is 0.462. The lowest BCUT2D eigenvalue weighted by Crippen LogP contribution is -2.03. The normalized spacial score (nSPS) is 12.4. The highest BCUT2D eigenvalue weighted by molar-refractivity contribution is 5.87. The molecule has 0 amide bonds. The number of rotatable bonds is 6. The van der Waals surface area contributed by atoms with Gasteiger partial charge in [0.1, 0.15) is 0 Å².